The van der Waals surface area contributed by atoms with Crippen LogP contribution in [0.25, 0.3) is 0 Å². The summed E-state index contributed by atoms with van der Waals surface area (Å²) >= 11 is 0. The van der Waals surface area contributed by atoms with Crippen LogP contribution in [0.3, 0.4) is 0 Å². The van der Waals surface area contributed by atoms with Gasteiger partial charge in [-0.1, -0.05) is 12.1 Å². The molecule has 2 rings (SSSR count). The summed E-state index contributed by atoms with van der Waals surface area (Å²) in [6.45, 7) is 1.82. The second kappa shape index (κ2) is 5.48. The number of benzene rings is 1. The van der Waals surface area contributed by atoms with Gasteiger partial charge in [0, 0.05) is 18.1 Å². The van der Waals surface area contributed by atoms with E-state index < -0.39 is 0 Å². The topological polar surface area (TPSA) is 68.0 Å². The highest BCUT2D eigenvalue weighted by Gasteiger charge is 2.13. The Morgan fingerprint density at radius 3 is 2.63 bits per heavy atom. The lowest BCUT2D eigenvalue weighted by atomic mass is 10.1. The fourth-order valence-electron chi connectivity index (χ4n) is 1.70. The van der Waals surface area contributed by atoms with Gasteiger partial charge in [-0.2, -0.15) is 0 Å². The zero-order valence-corrected chi connectivity index (χ0v) is 10.4. The lowest BCUT2D eigenvalue weighted by Gasteiger charge is -2.14. The molecule has 1 atom stereocenters. The Labute approximate surface area is 110 Å². The van der Waals surface area contributed by atoms with Crippen molar-refractivity contribution in [3.8, 4) is 0 Å². The number of amides is 1. The van der Waals surface area contributed by atoms with E-state index in [4.69, 9.17) is 5.73 Å². The Balaban J connectivity index is 2.11. The summed E-state index contributed by atoms with van der Waals surface area (Å²) in [5, 5.41) is 2.79. The number of pyridine rings is 1. The minimum absolute atomic E-state index is 0.243. The molecule has 0 aliphatic rings. The number of nitrogens with one attached hydrogen (secondary N) is 1. The minimum Gasteiger partial charge on any atom is -0.398 e. The first-order chi connectivity index (χ1) is 9.08. The zero-order chi connectivity index (χ0) is 13.8. The van der Waals surface area contributed by atoms with Crippen LogP contribution in [0.15, 0.2) is 42.7 Å². The Kier molecular flexibility index (Phi) is 3.75. The van der Waals surface area contributed by atoms with Crippen molar-refractivity contribution in [3.05, 3.63) is 59.7 Å². The van der Waals surface area contributed by atoms with E-state index in [-0.39, 0.29) is 17.8 Å². The summed E-state index contributed by atoms with van der Waals surface area (Å²) in [5.41, 5.74) is 7.23. The van der Waals surface area contributed by atoms with Crippen LogP contribution < -0.4 is 11.1 Å². The third-order valence-corrected chi connectivity index (χ3v) is 2.82. The maximum Gasteiger partial charge on any atom is 0.255 e. The second-order valence-electron chi connectivity index (χ2n) is 4.21. The molecular formula is C14H14FN3O. The molecule has 1 aromatic heterocycles. The fraction of sp³-hybridized carbons (Fsp3) is 0.143. The number of aromatic nitrogens is 1. The van der Waals surface area contributed by atoms with Crippen molar-refractivity contribution in [3.63, 3.8) is 0 Å². The summed E-state index contributed by atoms with van der Waals surface area (Å²) in [5.74, 6) is -0.610. The molecule has 0 spiro atoms. The van der Waals surface area contributed by atoms with Crippen LogP contribution >= 0.6 is 0 Å². The largest absolute Gasteiger partial charge is 0.398 e. The summed E-state index contributed by atoms with van der Waals surface area (Å²) in [6, 6.07) is 7.30. The summed E-state index contributed by atoms with van der Waals surface area (Å²) in [6.07, 6.45) is 2.94. The van der Waals surface area contributed by atoms with Gasteiger partial charge in [-0.3, -0.25) is 9.78 Å². The van der Waals surface area contributed by atoms with E-state index in [1.54, 1.807) is 18.2 Å². The molecule has 0 aliphatic carbocycles. The third kappa shape index (κ3) is 3.07. The molecule has 19 heavy (non-hydrogen) atoms. The minimum atomic E-state index is -0.307. The van der Waals surface area contributed by atoms with Gasteiger partial charge in [-0.05, 0) is 30.7 Å². The highest BCUT2D eigenvalue weighted by molar-refractivity contribution is 5.98. The van der Waals surface area contributed by atoms with Crippen LogP contribution in [-0.2, 0) is 0 Å². The zero-order valence-electron chi connectivity index (χ0n) is 10.4. The first-order valence-electron chi connectivity index (χ1n) is 5.83. The van der Waals surface area contributed by atoms with Crippen LogP contribution in [0.4, 0.5) is 10.1 Å². The monoisotopic (exact) mass is 259 g/mol. The molecule has 0 bridgehead atoms. The highest BCUT2D eigenvalue weighted by atomic mass is 19.1. The average Bonchev–Trinajstić information content (AvgIpc) is 2.39. The van der Waals surface area contributed by atoms with Crippen molar-refractivity contribution < 1.29 is 9.18 Å². The standard InChI is InChI=1S/C14H14FN3O/c1-9(10-2-4-11(15)5-3-10)18-14(19)12-8-17-7-6-13(12)16/h2-9H,1H3,(H2,16,17)(H,18,19). The summed E-state index contributed by atoms with van der Waals surface area (Å²) in [7, 11) is 0. The van der Waals surface area contributed by atoms with E-state index in [2.05, 4.69) is 10.3 Å². The smallest absolute Gasteiger partial charge is 0.255 e. The fourth-order valence-corrected chi connectivity index (χ4v) is 1.70. The lowest BCUT2D eigenvalue weighted by Crippen LogP contribution is -2.27. The number of anilines is 1. The quantitative estimate of drug-likeness (QED) is 0.888. The van der Waals surface area contributed by atoms with E-state index in [0.717, 1.165) is 5.56 Å². The van der Waals surface area contributed by atoms with E-state index in [9.17, 15) is 9.18 Å². The number of halogens is 1. The maximum atomic E-state index is 12.8. The van der Waals surface area contributed by atoms with Gasteiger partial charge in [0.1, 0.15) is 5.82 Å². The SMILES string of the molecule is CC(NC(=O)c1cnccc1N)c1ccc(F)cc1. The molecule has 98 valence electrons. The van der Waals surface area contributed by atoms with E-state index in [0.29, 0.717) is 11.3 Å². The van der Waals surface area contributed by atoms with Crippen molar-refractivity contribution in [2.45, 2.75) is 13.0 Å². The van der Waals surface area contributed by atoms with Gasteiger partial charge in [0.05, 0.1) is 11.6 Å². The van der Waals surface area contributed by atoms with Gasteiger partial charge in [0.25, 0.3) is 5.91 Å². The molecule has 1 unspecified atom stereocenters. The molecule has 3 N–H and O–H groups in total. The Morgan fingerprint density at radius 1 is 1.32 bits per heavy atom. The van der Waals surface area contributed by atoms with Crippen LogP contribution in [0.5, 0.6) is 0 Å². The van der Waals surface area contributed by atoms with Crippen LogP contribution in [0, 0.1) is 5.82 Å². The molecule has 5 heteroatoms. The van der Waals surface area contributed by atoms with Crippen molar-refractivity contribution in [2.24, 2.45) is 0 Å². The summed E-state index contributed by atoms with van der Waals surface area (Å²) in [4.78, 5) is 15.9. The number of nitrogens with two attached hydrogens (primary N) is 1. The molecule has 0 saturated carbocycles. The number of carbonyl (C=O) groups is 1. The van der Waals surface area contributed by atoms with Crippen molar-refractivity contribution in [2.75, 3.05) is 5.73 Å². The molecule has 1 amide bonds. The normalized spacial score (nSPS) is 11.9. The molecule has 0 saturated heterocycles. The predicted molar refractivity (Wildman–Crippen MR) is 70.9 cm³/mol. The molecule has 0 aliphatic heterocycles. The Bertz CT molecular complexity index is 583. The number of nitrogen functional groups attached to an aromatic ring is 1. The van der Waals surface area contributed by atoms with Gasteiger partial charge >= 0.3 is 0 Å². The van der Waals surface area contributed by atoms with Gasteiger partial charge in [0.15, 0.2) is 0 Å². The number of hydrogen-bond donors (Lipinski definition) is 2. The number of rotatable bonds is 3. The maximum absolute atomic E-state index is 12.8. The van der Waals surface area contributed by atoms with Crippen molar-refractivity contribution >= 4 is 11.6 Å². The first kappa shape index (κ1) is 13.0. The number of hydrogen-bond acceptors (Lipinski definition) is 3. The molecule has 2 aromatic rings. The van der Waals surface area contributed by atoms with Crippen LogP contribution in [0.2, 0.25) is 0 Å². The molecule has 1 heterocycles. The van der Waals surface area contributed by atoms with E-state index in [1.165, 1.54) is 24.5 Å². The Hall–Kier alpha value is -2.43. The number of carbonyl (C=O) groups excluding carboxylic acids is 1. The molecular weight excluding hydrogens is 245 g/mol. The van der Waals surface area contributed by atoms with Gasteiger partial charge in [0.2, 0.25) is 0 Å². The second-order valence-corrected chi connectivity index (χ2v) is 4.21. The van der Waals surface area contributed by atoms with Gasteiger partial charge < -0.3 is 11.1 Å². The molecule has 0 fully saturated rings. The van der Waals surface area contributed by atoms with E-state index >= 15 is 0 Å². The highest BCUT2D eigenvalue weighted by Crippen LogP contribution is 2.15. The summed E-state index contributed by atoms with van der Waals surface area (Å²) < 4.78 is 12.8. The first-order valence-corrected chi connectivity index (χ1v) is 5.83. The number of nitrogens with zero attached hydrogens (tertiary/aromatic N) is 1. The average molecular weight is 259 g/mol. The van der Waals surface area contributed by atoms with Crippen LogP contribution in [0.1, 0.15) is 28.9 Å². The van der Waals surface area contributed by atoms with Crippen LogP contribution in [-0.4, -0.2) is 10.9 Å². The molecule has 1 aromatic carbocycles. The van der Waals surface area contributed by atoms with Gasteiger partial charge in [-0.15, -0.1) is 0 Å². The molecule has 4 nitrogen and oxygen atoms in total. The predicted octanol–water partition coefficient (Wildman–Crippen LogP) is 2.29. The van der Waals surface area contributed by atoms with E-state index in [1.807, 2.05) is 6.92 Å². The van der Waals surface area contributed by atoms with Crippen molar-refractivity contribution in [1.29, 1.82) is 0 Å². The molecule has 0 radical (unpaired) electrons. The Morgan fingerprint density at radius 2 is 2.00 bits per heavy atom. The lowest BCUT2D eigenvalue weighted by molar-refractivity contribution is 0.0940. The van der Waals surface area contributed by atoms with Crippen molar-refractivity contribution in [1.82, 2.24) is 10.3 Å². The third-order valence-electron chi connectivity index (χ3n) is 2.82. The van der Waals surface area contributed by atoms with Gasteiger partial charge in [-0.25, -0.2) is 4.39 Å².